The molecule has 1 aromatic heterocycles. The number of aromatic nitrogens is 1. The number of benzene rings is 2. The highest BCUT2D eigenvalue weighted by Crippen LogP contribution is 2.31. The second-order valence-corrected chi connectivity index (χ2v) is 9.16. The molecule has 0 saturated carbocycles. The van der Waals surface area contributed by atoms with Gasteiger partial charge in [-0.2, -0.15) is 0 Å². The average Bonchev–Trinajstić information content (AvgIpc) is 3.04. The first kappa shape index (κ1) is 18.8. The maximum atomic E-state index is 11.1. The van der Waals surface area contributed by atoms with Gasteiger partial charge in [-0.1, -0.05) is 48.0 Å². The van der Waals surface area contributed by atoms with Crippen molar-refractivity contribution < 1.29 is 8.42 Å². The lowest BCUT2D eigenvalue weighted by atomic mass is 10.1. The van der Waals surface area contributed by atoms with Gasteiger partial charge in [0.1, 0.15) is 5.01 Å². The van der Waals surface area contributed by atoms with Gasteiger partial charge in [0.25, 0.3) is 0 Å². The van der Waals surface area contributed by atoms with Crippen LogP contribution in [0.1, 0.15) is 16.7 Å². The van der Waals surface area contributed by atoms with Crippen LogP contribution in [0.3, 0.4) is 0 Å². The Bertz CT molecular complexity index is 1010. The highest BCUT2D eigenvalue weighted by Gasteiger charge is 2.09. The topological polar surface area (TPSA) is 59.1 Å². The average molecular weight is 387 g/mol. The maximum absolute atomic E-state index is 11.1. The molecule has 3 rings (SSSR count). The van der Waals surface area contributed by atoms with Gasteiger partial charge in [-0.3, -0.25) is 0 Å². The van der Waals surface area contributed by atoms with E-state index in [9.17, 15) is 8.42 Å². The van der Waals surface area contributed by atoms with Gasteiger partial charge >= 0.3 is 0 Å². The number of thiazole rings is 1. The van der Waals surface area contributed by atoms with Crippen molar-refractivity contribution in [1.29, 1.82) is 0 Å². The Balaban J connectivity index is 1.73. The van der Waals surface area contributed by atoms with Crippen LogP contribution in [0.15, 0.2) is 47.8 Å². The van der Waals surface area contributed by atoms with E-state index >= 15 is 0 Å². The fourth-order valence-corrected chi connectivity index (χ4v) is 4.20. The van der Waals surface area contributed by atoms with Crippen molar-refractivity contribution >= 4 is 21.4 Å². The lowest BCUT2D eigenvalue weighted by molar-refractivity contribution is 0.588. The molecule has 0 fully saturated rings. The zero-order valence-corrected chi connectivity index (χ0v) is 16.7. The molecule has 0 radical (unpaired) electrons. The summed E-state index contributed by atoms with van der Waals surface area (Å²) in [5.74, 6) is 0. The number of sulfonamides is 1. The van der Waals surface area contributed by atoms with Gasteiger partial charge in [0.05, 0.1) is 11.9 Å². The molecule has 1 N–H and O–H groups in total. The SMILES string of the molecule is Cc1ccc(-c2nc(-c3ccc(CCNS(C)(=O)=O)cc3)cs2)c(C)c1. The largest absolute Gasteiger partial charge is 0.236 e. The number of nitrogens with one attached hydrogen (secondary N) is 1. The van der Waals surface area contributed by atoms with Crippen molar-refractivity contribution in [3.05, 3.63) is 64.5 Å². The Morgan fingerprint density at radius 3 is 2.46 bits per heavy atom. The molecule has 1 heterocycles. The fraction of sp³-hybridized carbons (Fsp3) is 0.250. The molecule has 0 bridgehead atoms. The Kier molecular flexibility index (Phi) is 5.55. The molecule has 0 spiro atoms. The van der Waals surface area contributed by atoms with Crippen molar-refractivity contribution in [2.24, 2.45) is 0 Å². The normalized spacial score (nSPS) is 11.7. The third-order valence-corrected chi connectivity index (χ3v) is 5.75. The molecule has 26 heavy (non-hydrogen) atoms. The van der Waals surface area contributed by atoms with Crippen molar-refractivity contribution in [3.63, 3.8) is 0 Å². The molecule has 2 aromatic carbocycles. The molecule has 0 atom stereocenters. The Labute approximate surface area is 159 Å². The molecule has 0 unspecified atom stereocenters. The maximum Gasteiger partial charge on any atom is 0.208 e. The minimum Gasteiger partial charge on any atom is -0.236 e. The van der Waals surface area contributed by atoms with Gasteiger partial charge in [0, 0.05) is 23.1 Å². The van der Waals surface area contributed by atoms with E-state index < -0.39 is 10.0 Å². The van der Waals surface area contributed by atoms with Crippen LogP contribution in [-0.2, 0) is 16.4 Å². The van der Waals surface area contributed by atoms with Crippen molar-refractivity contribution in [2.45, 2.75) is 20.3 Å². The standard InChI is InChI=1S/C20H22N2O2S2/c1-14-4-9-18(15(2)12-14)20-22-19(13-25-20)17-7-5-16(6-8-17)10-11-21-26(3,23)24/h4-9,12-13,21H,10-11H2,1-3H3. The summed E-state index contributed by atoms with van der Waals surface area (Å²) in [5.41, 5.74) is 6.79. The summed E-state index contributed by atoms with van der Waals surface area (Å²) in [6.45, 7) is 4.62. The molecule has 0 aliphatic carbocycles. The summed E-state index contributed by atoms with van der Waals surface area (Å²) in [6.07, 6.45) is 1.84. The minimum atomic E-state index is -3.13. The summed E-state index contributed by atoms with van der Waals surface area (Å²) in [4.78, 5) is 4.79. The first-order valence-electron chi connectivity index (χ1n) is 8.39. The zero-order valence-electron chi connectivity index (χ0n) is 15.1. The first-order chi connectivity index (χ1) is 12.3. The van der Waals surface area contributed by atoms with E-state index in [4.69, 9.17) is 4.98 Å². The van der Waals surface area contributed by atoms with Crippen LogP contribution in [0, 0.1) is 13.8 Å². The number of rotatable bonds is 6. The summed E-state index contributed by atoms with van der Waals surface area (Å²) < 4.78 is 24.7. The van der Waals surface area contributed by atoms with Crippen molar-refractivity contribution in [3.8, 4) is 21.8 Å². The van der Waals surface area contributed by atoms with Gasteiger partial charge in [-0.25, -0.2) is 18.1 Å². The Morgan fingerprint density at radius 2 is 1.81 bits per heavy atom. The highest BCUT2D eigenvalue weighted by molar-refractivity contribution is 7.88. The third kappa shape index (κ3) is 4.78. The fourth-order valence-electron chi connectivity index (χ4n) is 2.81. The van der Waals surface area contributed by atoms with Crippen LogP contribution in [0.2, 0.25) is 0 Å². The second-order valence-electron chi connectivity index (χ2n) is 6.47. The lowest BCUT2D eigenvalue weighted by Crippen LogP contribution is -2.24. The van der Waals surface area contributed by atoms with E-state index in [1.807, 2.05) is 24.3 Å². The molecule has 4 nitrogen and oxygen atoms in total. The Morgan fingerprint density at radius 1 is 1.08 bits per heavy atom. The van der Waals surface area contributed by atoms with Gasteiger partial charge < -0.3 is 0 Å². The minimum absolute atomic E-state index is 0.408. The number of nitrogens with zero attached hydrogens (tertiary/aromatic N) is 1. The molecule has 0 aliphatic heterocycles. The van der Waals surface area contributed by atoms with E-state index in [1.165, 1.54) is 22.9 Å². The molecular weight excluding hydrogens is 364 g/mol. The summed E-state index contributed by atoms with van der Waals surface area (Å²) in [7, 11) is -3.13. The van der Waals surface area contributed by atoms with E-state index in [2.05, 4.69) is 42.1 Å². The highest BCUT2D eigenvalue weighted by atomic mass is 32.2. The van der Waals surface area contributed by atoms with Gasteiger partial charge in [-0.15, -0.1) is 11.3 Å². The molecule has 0 saturated heterocycles. The second kappa shape index (κ2) is 7.70. The first-order valence-corrected chi connectivity index (χ1v) is 11.2. The van der Waals surface area contributed by atoms with Crippen LogP contribution < -0.4 is 4.72 Å². The molecule has 0 aliphatic rings. The summed E-state index contributed by atoms with van der Waals surface area (Å²) in [5, 5.41) is 3.11. The van der Waals surface area contributed by atoms with Crippen LogP contribution in [0.4, 0.5) is 0 Å². The monoisotopic (exact) mass is 386 g/mol. The molecule has 3 aromatic rings. The zero-order chi connectivity index (χ0) is 18.7. The number of hydrogen-bond acceptors (Lipinski definition) is 4. The summed E-state index contributed by atoms with van der Waals surface area (Å²) >= 11 is 1.65. The molecule has 136 valence electrons. The van der Waals surface area contributed by atoms with E-state index in [-0.39, 0.29) is 0 Å². The Hall–Kier alpha value is -2.02. The van der Waals surface area contributed by atoms with E-state index in [1.54, 1.807) is 11.3 Å². The number of hydrogen-bond donors (Lipinski definition) is 1. The lowest BCUT2D eigenvalue weighted by Gasteiger charge is -2.04. The smallest absolute Gasteiger partial charge is 0.208 e. The quantitative estimate of drug-likeness (QED) is 0.691. The van der Waals surface area contributed by atoms with Crippen LogP contribution >= 0.6 is 11.3 Å². The van der Waals surface area contributed by atoms with Gasteiger partial charge in [-0.05, 0) is 31.4 Å². The van der Waals surface area contributed by atoms with Crippen LogP contribution in [-0.4, -0.2) is 26.2 Å². The van der Waals surface area contributed by atoms with E-state index in [0.717, 1.165) is 21.8 Å². The molecule has 6 heteroatoms. The van der Waals surface area contributed by atoms with E-state index in [0.29, 0.717) is 13.0 Å². The molecular formula is C20H22N2O2S2. The van der Waals surface area contributed by atoms with Crippen LogP contribution in [0.25, 0.3) is 21.8 Å². The van der Waals surface area contributed by atoms with Gasteiger partial charge in [0.2, 0.25) is 10.0 Å². The third-order valence-electron chi connectivity index (χ3n) is 4.14. The van der Waals surface area contributed by atoms with Crippen molar-refractivity contribution in [2.75, 3.05) is 12.8 Å². The molecule has 0 amide bonds. The van der Waals surface area contributed by atoms with Crippen molar-refractivity contribution in [1.82, 2.24) is 9.71 Å². The number of aryl methyl sites for hydroxylation is 2. The predicted octanol–water partition coefficient (Wildman–Crippen LogP) is 4.19. The summed E-state index contributed by atoms with van der Waals surface area (Å²) in [6, 6.07) is 14.5. The van der Waals surface area contributed by atoms with Gasteiger partial charge in [0.15, 0.2) is 0 Å². The predicted molar refractivity (Wildman–Crippen MR) is 109 cm³/mol. The van der Waals surface area contributed by atoms with Crippen LogP contribution in [0.5, 0.6) is 0 Å².